The Kier molecular flexibility index (Phi) is 6.13. The molecule has 0 unspecified atom stereocenters. The largest absolute Gasteiger partial charge is 0.331 e. The molecule has 0 saturated carbocycles. The maximum Gasteiger partial charge on any atom is 0.234 e. The minimum Gasteiger partial charge on any atom is -0.331 e. The van der Waals surface area contributed by atoms with Gasteiger partial charge in [-0.05, 0) is 36.4 Å². The van der Waals surface area contributed by atoms with Crippen LogP contribution in [-0.2, 0) is 17.6 Å². The van der Waals surface area contributed by atoms with E-state index in [4.69, 9.17) is 11.6 Å². The van der Waals surface area contributed by atoms with E-state index >= 15 is 0 Å². The first kappa shape index (κ1) is 18.7. The minimum atomic E-state index is -0.152. The number of benzene rings is 1. The third kappa shape index (κ3) is 4.75. The van der Waals surface area contributed by atoms with Crippen molar-refractivity contribution in [1.29, 1.82) is 0 Å². The number of thioether (sulfide) groups is 1. The van der Waals surface area contributed by atoms with E-state index in [0.29, 0.717) is 22.8 Å². The molecule has 0 aliphatic carbocycles. The fraction of sp³-hybridized carbons (Fsp3) is 0.167. The van der Waals surface area contributed by atoms with Crippen LogP contribution in [0.1, 0.15) is 21.1 Å². The Morgan fingerprint density at radius 3 is 2.62 bits per heavy atom. The zero-order valence-corrected chi connectivity index (χ0v) is 16.3. The number of nitrogens with one attached hydrogen (secondary N) is 1. The number of aromatic nitrogens is 2. The van der Waals surface area contributed by atoms with Gasteiger partial charge in [-0.25, -0.2) is 4.98 Å². The Labute approximate surface area is 164 Å². The van der Waals surface area contributed by atoms with Crippen molar-refractivity contribution in [3.8, 4) is 0 Å². The second-order valence-electron chi connectivity index (χ2n) is 5.52. The standard InChI is InChI=1S/C18H16ClN3O2S2/c1-22-9-8-20-18(22)17(24)12-2-4-13(5-3-12)21-16(23)11-25-10-14-6-7-15(19)26-14/h2-9H,10-11H2,1H3,(H,21,23). The van der Waals surface area contributed by atoms with Crippen molar-refractivity contribution in [2.75, 3.05) is 11.1 Å². The van der Waals surface area contributed by atoms with Gasteiger partial charge in [-0.2, -0.15) is 0 Å². The summed E-state index contributed by atoms with van der Waals surface area (Å²) < 4.78 is 2.43. The Bertz CT molecular complexity index is 919. The highest BCUT2D eigenvalue weighted by molar-refractivity contribution is 7.99. The van der Waals surface area contributed by atoms with Crippen molar-refractivity contribution < 1.29 is 9.59 Å². The monoisotopic (exact) mass is 405 g/mol. The zero-order valence-electron chi connectivity index (χ0n) is 13.9. The molecule has 0 radical (unpaired) electrons. The van der Waals surface area contributed by atoms with Gasteiger partial charge in [0.1, 0.15) is 0 Å². The molecule has 2 aromatic heterocycles. The Hall–Kier alpha value is -2.09. The first-order valence-corrected chi connectivity index (χ1v) is 10.1. The van der Waals surface area contributed by atoms with Crippen LogP contribution in [0.15, 0.2) is 48.8 Å². The van der Waals surface area contributed by atoms with Crippen LogP contribution < -0.4 is 5.32 Å². The second kappa shape index (κ2) is 8.53. The van der Waals surface area contributed by atoms with Crippen LogP contribution in [0.2, 0.25) is 4.34 Å². The smallest absolute Gasteiger partial charge is 0.234 e. The number of carbonyl (C=O) groups excluding carboxylic acids is 2. The SMILES string of the molecule is Cn1ccnc1C(=O)c1ccc(NC(=O)CSCc2ccc(Cl)s2)cc1. The lowest BCUT2D eigenvalue weighted by Crippen LogP contribution is -2.14. The molecule has 0 spiro atoms. The number of hydrogen-bond acceptors (Lipinski definition) is 5. The maximum atomic E-state index is 12.4. The number of anilines is 1. The van der Waals surface area contributed by atoms with Crippen LogP contribution in [0.4, 0.5) is 5.69 Å². The molecule has 5 nitrogen and oxygen atoms in total. The molecule has 0 atom stereocenters. The number of carbonyl (C=O) groups is 2. The number of ketones is 1. The number of rotatable bonds is 7. The van der Waals surface area contributed by atoms with Gasteiger partial charge < -0.3 is 9.88 Å². The lowest BCUT2D eigenvalue weighted by Gasteiger charge is -2.06. The summed E-state index contributed by atoms with van der Waals surface area (Å²) in [5, 5.41) is 2.83. The van der Waals surface area contributed by atoms with E-state index in [-0.39, 0.29) is 11.7 Å². The van der Waals surface area contributed by atoms with E-state index in [1.165, 1.54) is 23.1 Å². The van der Waals surface area contributed by atoms with Crippen LogP contribution in [0.5, 0.6) is 0 Å². The van der Waals surface area contributed by atoms with Crippen LogP contribution in [-0.4, -0.2) is 27.0 Å². The summed E-state index contributed by atoms with van der Waals surface area (Å²) in [5.74, 6) is 1.25. The van der Waals surface area contributed by atoms with E-state index in [2.05, 4.69) is 10.3 Å². The average molecular weight is 406 g/mol. The molecular formula is C18H16ClN3O2S2. The van der Waals surface area contributed by atoms with Crippen LogP contribution in [0.25, 0.3) is 0 Å². The molecule has 0 aliphatic heterocycles. The molecular weight excluding hydrogens is 390 g/mol. The minimum absolute atomic E-state index is 0.0826. The van der Waals surface area contributed by atoms with Crippen molar-refractivity contribution in [1.82, 2.24) is 9.55 Å². The summed E-state index contributed by atoms with van der Waals surface area (Å²) >= 11 is 8.94. The van der Waals surface area contributed by atoms with E-state index in [1.54, 1.807) is 48.3 Å². The van der Waals surface area contributed by atoms with Gasteiger partial charge in [-0.3, -0.25) is 9.59 Å². The van der Waals surface area contributed by atoms with Gasteiger partial charge in [-0.1, -0.05) is 11.6 Å². The summed E-state index contributed by atoms with van der Waals surface area (Å²) in [5.41, 5.74) is 1.19. The second-order valence-corrected chi connectivity index (χ2v) is 8.30. The van der Waals surface area contributed by atoms with Crippen molar-refractivity contribution in [3.05, 3.63) is 69.4 Å². The Balaban J connectivity index is 1.51. The fourth-order valence-corrected chi connectivity index (χ4v) is 4.31. The maximum absolute atomic E-state index is 12.4. The summed E-state index contributed by atoms with van der Waals surface area (Å²) in [7, 11) is 1.77. The molecule has 26 heavy (non-hydrogen) atoms. The zero-order chi connectivity index (χ0) is 18.5. The Morgan fingerprint density at radius 2 is 2.00 bits per heavy atom. The highest BCUT2D eigenvalue weighted by Crippen LogP contribution is 2.25. The predicted molar refractivity (Wildman–Crippen MR) is 107 cm³/mol. The summed E-state index contributed by atoms with van der Waals surface area (Å²) in [6.07, 6.45) is 3.31. The Morgan fingerprint density at radius 1 is 1.23 bits per heavy atom. The molecule has 1 aromatic carbocycles. The van der Waals surface area contributed by atoms with E-state index < -0.39 is 0 Å². The van der Waals surface area contributed by atoms with Gasteiger partial charge in [0, 0.05) is 41.3 Å². The average Bonchev–Trinajstić information content (AvgIpc) is 3.23. The van der Waals surface area contributed by atoms with Gasteiger partial charge in [0.2, 0.25) is 11.7 Å². The number of halogens is 1. The summed E-state index contributed by atoms with van der Waals surface area (Å²) in [6.45, 7) is 0. The third-order valence-electron chi connectivity index (χ3n) is 3.56. The van der Waals surface area contributed by atoms with Crippen LogP contribution in [0.3, 0.4) is 0 Å². The normalized spacial score (nSPS) is 10.7. The molecule has 1 N–H and O–H groups in total. The quantitative estimate of drug-likeness (QED) is 0.597. The van der Waals surface area contributed by atoms with E-state index in [1.807, 2.05) is 12.1 Å². The third-order valence-corrected chi connectivity index (χ3v) is 5.96. The lowest BCUT2D eigenvalue weighted by molar-refractivity contribution is -0.113. The number of nitrogens with zero attached hydrogens (tertiary/aromatic N) is 2. The number of hydrogen-bond donors (Lipinski definition) is 1. The van der Waals surface area contributed by atoms with Gasteiger partial charge >= 0.3 is 0 Å². The van der Waals surface area contributed by atoms with Gasteiger partial charge in [0.25, 0.3) is 0 Å². The summed E-state index contributed by atoms with van der Waals surface area (Å²) in [4.78, 5) is 29.6. The number of amides is 1. The first-order chi connectivity index (χ1) is 12.5. The van der Waals surface area contributed by atoms with Crippen molar-refractivity contribution >= 4 is 52.1 Å². The molecule has 1 amide bonds. The highest BCUT2D eigenvalue weighted by Gasteiger charge is 2.13. The molecule has 3 rings (SSSR count). The molecule has 0 fully saturated rings. The topological polar surface area (TPSA) is 64.0 Å². The van der Waals surface area contributed by atoms with E-state index in [0.717, 1.165) is 15.0 Å². The number of thiophene rings is 1. The summed E-state index contributed by atoms with van der Waals surface area (Å²) in [6, 6.07) is 10.6. The molecule has 8 heteroatoms. The molecule has 134 valence electrons. The lowest BCUT2D eigenvalue weighted by atomic mass is 10.1. The first-order valence-electron chi connectivity index (χ1n) is 7.77. The molecule has 2 heterocycles. The molecule has 3 aromatic rings. The van der Waals surface area contributed by atoms with Gasteiger partial charge in [0.05, 0.1) is 10.1 Å². The molecule has 0 aliphatic rings. The predicted octanol–water partition coefficient (Wildman–Crippen LogP) is 4.24. The van der Waals surface area contributed by atoms with E-state index in [9.17, 15) is 9.59 Å². The number of imidazole rings is 1. The van der Waals surface area contributed by atoms with Crippen molar-refractivity contribution in [2.24, 2.45) is 7.05 Å². The van der Waals surface area contributed by atoms with Crippen LogP contribution >= 0.6 is 34.7 Å². The highest BCUT2D eigenvalue weighted by atomic mass is 35.5. The molecule has 0 bridgehead atoms. The van der Waals surface area contributed by atoms with Crippen LogP contribution in [0, 0.1) is 0 Å². The number of aryl methyl sites for hydroxylation is 1. The van der Waals surface area contributed by atoms with Crippen molar-refractivity contribution in [3.63, 3.8) is 0 Å². The fourth-order valence-electron chi connectivity index (χ4n) is 2.29. The van der Waals surface area contributed by atoms with Gasteiger partial charge in [-0.15, -0.1) is 23.1 Å². The van der Waals surface area contributed by atoms with Crippen molar-refractivity contribution in [2.45, 2.75) is 5.75 Å². The molecule has 0 saturated heterocycles. The van der Waals surface area contributed by atoms with Gasteiger partial charge in [0.15, 0.2) is 5.82 Å².